The summed E-state index contributed by atoms with van der Waals surface area (Å²) in [5, 5.41) is 11.2. The second-order valence-corrected chi connectivity index (χ2v) is 10.1. The van der Waals surface area contributed by atoms with E-state index in [2.05, 4.69) is 36.3 Å². The lowest BCUT2D eigenvalue weighted by Gasteiger charge is -2.26. The topological polar surface area (TPSA) is 88.5 Å². The monoisotopic (exact) mass is 489 g/mol. The summed E-state index contributed by atoms with van der Waals surface area (Å²) in [6.45, 7) is 11.3. The van der Waals surface area contributed by atoms with Gasteiger partial charge in [-0.15, -0.1) is 0 Å². The van der Waals surface area contributed by atoms with Gasteiger partial charge in [0.15, 0.2) is 0 Å². The Hall–Kier alpha value is -2.42. The number of halogens is 1. The third-order valence-electron chi connectivity index (χ3n) is 5.68. The van der Waals surface area contributed by atoms with Crippen LogP contribution >= 0.6 is 11.6 Å². The molecule has 0 saturated carbocycles. The molecule has 34 heavy (non-hydrogen) atoms. The lowest BCUT2D eigenvalue weighted by atomic mass is 9.92. The maximum atomic E-state index is 12.6. The molecule has 186 valence electrons. The summed E-state index contributed by atoms with van der Waals surface area (Å²) < 4.78 is 7.04. The SMILES string of the molecule is CC(C)(C)c1cc(NC(=O)CCCC(=O)NCCCN2CCOCC2)n(-c2cccc(Cl)c2)n1. The fourth-order valence-corrected chi connectivity index (χ4v) is 3.88. The Balaban J connectivity index is 1.46. The van der Waals surface area contributed by atoms with Gasteiger partial charge in [-0.3, -0.25) is 14.5 Å². The number of benzene rings is 1. The van der Waals surface area contributed by atoms with Crippen LogP contribution in [0.1, 0.15) is 52.1 Å². The molecule has 0 spiro atoms. The Labute approximate surface area is 207 Å². The third-order valence-corrected chi connectivity index (χ3v) is 5.92. The van der Waals surface area contributed by atoms with Crippen molar-refractivity contribution in [3.05, 3.63) is 41.0 Å². The maximum Gasteiger partial charge on any atom is 0.225 e. The van der Waals surface area contributed by atoms with Crippen LogP contribution < -0.4 is 10.6 Å². The van der Waals surface area contributed by atoms with Crippen LogP contribution in [0.4, 0.5) is 5.82 Å². The van der Waals surface area contributed by atoms with Gasteiger partial charge in [-0.2, -0.15) is 5.10 Å². The van der Waals surface area contributed by atoms with Crippen molar-refractivity contribution in [2.24, 2.45) is 0 Å². The number of morpholine rings is 1. The largest absolute Gasteiger partial charge is 0.379 e. The van der Waals surface area contributed by atoms with Gasteiger partial charge in [-0.25, -0.2) is 4.68 Å². The zero-order chi connectivity index (χ0) is 24.6. The van der Waals surface area contributed by atoms with Crippen LogP contribution in [0.5, 0.6) is 0 Å². The van der Waals surface area contributed by atoms with Crippen LogP contribution in [0.2, 0.25) is 5.02 Å². The first kappa shape index (κ1) is 26.2. The zero-order valence-electron chi connectivity index (χ0n) is 20.4. The molecule has 8 nitrogen and oxygen atoms in total. The smallest absolute Gasteiger partial charge is 0.225 e. The first-order valence-corrected chi connectivity index (χ1v) is 12.3. The molecule has 1 aliphatic rings. The van der Waals surface area contributed by atoms with Gasteiger partial charge < -0.3 is 15.4 Å². The minimum atomic E-state index is -0.177. The number of carbonyl (C=O) groups excluding carboxylic acids is 2. The minimum absolute atomic E-state index is 0.0197. The maximum absolute atomic E-state index is 12.6. The lowest BCUT2D eigenvalue weighted by Crippen LogP contribution is -2.38. The molecule has 2 heterocycles. The molecule has 9 heteroatoms. The van der Waals surface area contributed by atoms with Gasteiger partial charge in [0.2, 0.25) is 11.8 Å². The molecule has 3 rings (SSSR count). The van der Waals surface area contributed by atoms with E-state index in [0.29, 0.717) is 30.2 Å². The van der Waals surface area contributed by atoms with Crippen molar-refractivity contribution in [1.82, 2.24) is 20.0 Å². The highest BCUT2D eigenvalue weighted by molar-refractivity contribution is 6.30. The minimum Gasteiger partial charge on any atom is -0.379 e. The molecule has 2 N–H and O–H groups in total. The summed E-state index contributed by atoms with van der Waals surface area (Å²) in [7, 11) is 0. The number of amides is 2. The predicted octanol–water partition coefficient (Wildman–Crippen LogP) is 3.77. The number of rotatable bonds is 10. The van der Waals surface area contributed by atoms with E-state index in [1.807, 2.05) is 18.2 Å². The normalized spacial score (nSPS) is 14.7. The summed E-state index contributed by atoms with van der Waals surface area (Å²) in [5.74, 6) is 0.419. The number of aromatic nitrogens is 2. The molecule has 0 atom stereocenters. The van der Waals surface area contributed by atoms with Gasteiger partial charge >= 0.3 is 0 Å². The Bertz CT molecular complexity index is 964. The second-order valence-electron chi connectivity index (χ2n) is 9.62. The average Bonchev–Trinajstić information content (AvgIpc) is 3.22. The van der Waals surface area contributed by atoms with Gasteiger partial charge in [0.25, 0.3) is 0 Å². The summed E-state index contributed by atoms with van der Waals surface area (Å²) in [6.07, 6.45) is 1.98. The van der Waals surface area contributed by atoms with Crippen LogP contribution in [0.15, 0.2) is 30.3 Å². The molecule has 1 aliphatic heterocycles. The van der Waals surface area contributed by atoms with Gasteiger partial charge in [0.05, 0.1) is 24.6 Å². The highest BCUT2D eigenvalue weighted by Crippen LogP contribution is 2.27. The van der Waals surface area contributed by atoms with Crippen LogP contribution in [0.25, 0.3) is 5.69 Å². The fourth-order valence-electron chi connectivity index (χ4n) is 3.70. The van der Waals surface area contributed by atoms with Crippen LogP contribution in [-0.2, 0) is 19.7 Å². The number of anilines is 1. The molecule has 0 radical (unpaired) electrons. The van der Waals surface area contributed by atoms with Crippen molar-refractivity contribution >= 4 is 29.2 Å². The van der Waals surface area contributed by atoms with Crippen LogP contribution in [0, 0.1) is 0 Å². The molecule has 0 unspecified atom stereocenters. The first-order chi connectivity index (χ1) is 16.2. The van der Waals surface area contributed by atoms with Gasteiger partial charge in [-0.05, 0) is 37.6 Å². The van der Waals surface area contributed by atoms with Gasteiger partial charge in [0, 0.05) is 49.0 Å². The Kier molecular flexibility index (Phi) is 9.50. The third kappa shape index (κ3) is 8.11. The highest BCUT2D eigenvalue weighted by atomic mass is 35.5. The molecule has 1 saturated heterocycles. The predicted molar refractivity (Wildman–Crippen MR) is 135 cm³/mol. The fraction of sp³-hybridized carbons (Fsp3) is 0.560. The van der Waals surface area contributed by atoms with E-state index < -0.39 is 0 Å². The quantitative estimate of drug-likeness (QED) is 0.496. The number of nitrogens with zero attached hydrogens (tertiary/aromatic N) is 3. The molecule has 1 aromatic carbocycles. The molecule has 1 fully saturated rings. The number of carbonyl (C=O) groups is 2. The van der Waals surface area contributed by atoms with E-state index in [9.17, 15) is 9.59 Å². The van der Waals surface area contributed by atoms with E-state index in [0.717, 1.165) is 50.7 Å². The zero-order valence-corrected chi connectivity index (χ0v) is 21.2. The molecule has 1 aromatic heterocycles. The number of ether oxygens (including phenoxy) is 1. The van der Waals surface area contributed by atoms with Crippen molar-refractivity contribution in [1.29, 1.82) is 0 Å². The standard InChI is InChI=1S/C25H36ClN5O3/c1-25(2,3)21-18-22(31(29-21)20-8-4-7-19(26)17-20)28-24(33)10-5-9-23(32)27-11-6-12-30-13-15-34-16-14-30/h4,7-8,17-18H,5-6,9-16H2,1-3H3,(H,27,32)(H,28,33). The highest BCUT2D eigenvalue weighted by Gasteiger charge is 2.21. The Morgan fingerprint density at radius 2 is 1.82 bits per heavy atom. The van der Waals surface area contributed by atoms with E-state index in [4.69, 9.17) is 21.4 Å². The summed E-state index contributed by atoms with van der Waals surface area (Å²) in [5.41, 5.74) is 1.46. The number of hydrogen-bond acceptors (Lipinski definition) is 5. The van der Waals surface area contributed by atoms with E-state index in [1.165, 1.54) is 0 Å². The molecular formula is C25H36ClN5O3. The number of nitrogens with one attached hydrogen (secondary N) is 2. The van der Waals surface area contributed by atoms with Crippen molar-refractivity contribution in [2.75, 3.05) is 44.7 Å². The van der Waals surface area contributed by atoms with E-state index in [1.54, 1.807) is 16.8 Å². The summed E-state index contributed by atoms with van der Waals surface area (Å²) >= 11 is 6.16. The van der Waals surface area contributed by atoms with Crippen LogP contribution in [-0.4, -0.2) is 65.9 Å². The number of hydrogen-bond donors (Lipinski definition) is 2. The first-order valence-electron chi connectivity index (χ1n) is 12.0. The van der Waals surface area contributed by atoms with E-state index in [-0.39, 0.29) is 23.7 Å². The van der Waals surface area contributed by atoms with E-state index >= 15 is 0 Å². The molecule has 2 aromatic rings. The van der Waals surface area contributed by atoms with Gasteiger partial charge in [0.1, 0.15) is 5.82 Å². The average molecular weight is 490 g/mol. The second kappa shape index (κ2) is 12.3. The molecule has 0 bridgehead atoms. The lowest BCUT2D eigenvalue weighted by molar-refractivity contribution is -0.121. The Morgan fingerprint density at radius 1 is 1.09 bits per heavy atom. The van der Waals surface area contributed by atoms with Crippen LogP contribution in [0.3, 0.4) is 0 Å². The van der Waals surface area contributed by atoms with Crippen molar-refractivity contribution in [2.45, 2.75) is 51.9 Å². The molecule has 0 aliphatic carbocycles. The molecule has 2 amide bonds. The molecular weight excluding hydrogens is 454 g/mol. The summed E-state index contributed by atoms with van der Waals surface area (Å²) in [4.78, 5) is 27.1. The summed E-state index contributed by atoms with van der Waals surface area (Å²) in [6, 6.07) is 9.23. The van der Waals surface area contributed by atoms with Crippen molar-refractivity contribution < 1.29 is 14.3 Å². The van der Waals surface area contributed by atoms with Crippen molar-refractivity contribution in [3.63, 3.8) is 0 Å². The Morgan fingerprint density at radius 3 is 2.53 bits per heavy atom. The van der Waals surface area contributed by atoms with Gasteiger partial charge in [-0.1, -0.05) is 38.4 Å². The van der Waals surface area contributed by atoms with Crippen molar-refractivity contribution in [3.8, 4) is 5.69 Å².